The molecule has 0 radical (unpaired) electrons. The quantitative estimate of drug-likeness (QED) is 0.173. The van der Waals surface area contributed by atoms with E-state index in [1.54, 1.807) is 72.2 Å². The monoisotopic (exact) mass is 877 g/mol. The standard InChI is InChI=1S/C42H75N3O12S2/c1-15-29-42(10,50)33(46)26(6)44-36(48)22(2)20-41(9,52-13)35(57-38-32-28(19-23(3)53-38)45(11)39(59-32)43-17-16-18-58-14)24(4)31(25(5)37(49)55-29)56-30-21-40(8,51-12)34(47)27(7)54-30/h22-35,38,46-47,50H,15-21H2,1-14H3,(H,44,48)/t22-,23-,24+,25-,26-,27+,28+,29-,30+,31+,32+,33-,34+,35-,38+,40-,41-,42-/m1/s1. The van der Waals surface area contributed by atoms with Gasteiger partial charge in [0.25, 0.3) is 0 Å². The number of carbonyl (C=O) groups is 2. The second-order valence-corrected chi connectivity index (χ2v) is 20.1. The van der Waals surface area contributed by atoms with Crippen LogP contribution >= 0.6 is 23.5 Å². The Morgan fingerprint density at radius 3 is 2.25 bits per heavy atom. The highest BCUT2D eigenvalue weighted by Crippen LogP contribution is 2.45. The number of methoxy groups -OCH3 is 2. The van der Waals surface area contributed by atoms with Gasteiger partial charge in [0.2, 0.25) is 5.91 Å². The van der Waals surface area contributed by atoms with Crippen molar-refractivity contribution in [2.24, 2.45) is 22.7 Å². The maximum Gasteiger partial charge on any atom is 0.311 e. The summed E-state index contributed by atoms with van der Waals surface area (Å²) in [4.78, 5) is 35.5. The van der Waals surface area contributed by atoms with E-state index in [1.807, 2.05) is 20.8 Å². The Morgan fingerprint density at radius 2 is 1.64 bits per heavy atom. The van der Waals surface area contributed by atoms with Crippen LogP contribution in [-0.4, -0.2) is 167 Å². The van der Waals surface area contributed by atoms with Crippen LogP contribution in [0.15, 0.2) is 4.99 Å². The van der Waals surface area contributed by atoms with Gasteiger partial charge in [0.05, 0.1) is 58.9 Å². The smallest absolute Gasteiger partial charge is 0.311 e. The van der Waals surface area contributed by atoms with Crippen molar-refractivity contribution in [3.8, 4) is 0 Å². The van der Waals surface area contributed by atoms with Crippen LogP contribution < -0.4 is 5.32 Å². The summed E-state index contributed by atoms with van der Waals surface area (Å²) in [5.74, 6) is -2.30. The number of nitrogens with one attached hydrogen (secondary N) is 1. The Balaban J connectivity index is 1.84. The second-order valence-electron chi connectivity index (χ2n) is 18.0. The van der Waals surface area contributed by atoms with Crippen LogP contribution in [0.2, 0.25) is 0 Å². The van der Waals surface area contributed by atoms with E-state index in [1.165, 1.54) is 14.0 Å². The number of amides is 1. The molecule has 4 rings (SSSR count). The van der Waals surface area contributed by atoms with Gasteiger partial charge in [-0.2, -0.15) is 11.8 Å². The molecule has 4 aliphatic heterocycles. The number of aliphatic hydroxyl groups is 3. The zero-order valence-electron chi connectivity index (χ0n) is 37.8. The number of amidine groups is 1. The Kier molecular flexibility index (Phi) is 17.9. The molecule has 0 unspecified atom stereocenters. The lowest BCUT2D eigenvalue weighted by molar-refractivity contribution is -0.308. The van der Waals surface area contributed by atoms with Crippen molar-refractivity contribution in [1.29, 1.82) is 0 Å². The first kappa shape index (κ1) is 50.4. The number of aliphatic imine (C=N–C) groups is 1. The van der Waals surface area contributed by atoms with E-state index < -0.39 is 95.8 Å². The van der Waals surface area contributed by atoms with Gasteiger partial charge in [0, 0.05) is 46.1 Å². The Labute approximate surface area is 361 Å². The third-order valence-electron chi connectivity index (χ3n) is 13.3. The molecule has 59 heavy (non-hydrogen) atoms. The molecule has 4 N–H and O–H groups in total. The van der Waals surface area contributed by atoms with Crippen LogP contribution in [-0.2, 0) is 42.7 Å². The molecule has 17 heteroatoms. The number of esters is 1. The summed E-state index contributed by atoms with van der Waals surface area (Å²) in [6.45, 7) is 18.3. The topological polar surface area (TPSA) is 187 Å². The molecule has 4 saturated heterocycles. The van der Waals surface area contributed by atoms with E-state index in [0.29, 0.717) is 6.54 Å². The number of nitrogens with zero attached hydrogens (tertiary/aromatic N) is 2. The number of aliphatic hydroxyl groups excluding tert-OH is 2. The number of thioether (sulfide) groups is 2. The summed E-state index contributed by atoms with van der Waals surface area (Å²) in [5.41, 5.74) is -4.13. The van der Waals surface area contributed by atoms with E-state index in [0.717, 1.165) is 23.8 Å². The summed E-state index contributed by atoms with van der Waals surface area (Å²) in [6, 6.07) is -0.823. The first-order valence-corrected chi connectivity index (χ1v) is 23.6. The largest absolute Gasteiger partial charge is 0.459 e. The number of rotatable bonds is 11. The fourth-order valence-electron chi connectivity index (χ4n) is 9.28. The Hall–Kier alpha value is -1.25. The highest BCUT2D eigenvalue weighted by atomic mass is 32.2. The molecule has 0 spiro atoms. The molecule has 4 heterocycles. The Bertz CT molecular complexity index is 1430. The molecule has 0 aromatic heterocycles. The fraction of sp³-hybridized carbons (Fsp3) is 0.929. The molecular weight excluding hydrogens is 803 g/mol. The van der Waals surface area contributed by atoms with Gasteiger partial charge in [-0.3, -0.25) is 14.6 Å². The number of ether oxygens (including phenoxy) is 7. The minimum absolute atomic E-state index is 0.0759. The predicted molar refractivity (Wildman–Crippen MR) is 229 cm³/mol. The van der Waals surface area contributed by atoms with Crippen molar-refractivity contribution in [3.05, 3.63) is 0 Å². The van der Waals surface area contributed by atoms with Crippen molar-refractivity contribution in [1.82, 2.24) is 10.2 Å². The van der Waals surface area contributed by atoms with Gasteiger partial charge in [-0.1, -0.05) is 32.5 Å². The first-order valence-electron chi connectivity index (χ1n) is 21.3. The van der Waals surface area contributed by atoms with E-state index in [4.69, 9.17) is 38.2 Å². The average Bonchev–Trinajstić information content (AvgIpc) is 3.51. The molecule has 0 aliphatic carbocycles. The molecule has 4 aliphatic rings. The zero-order valence-corrected chi connectivity index (χ0v) is 39.5. The van der Waals surface area contributed by atoms with Crippen molar-refractivity contribution in [2.45, 2.75) is 191 Å². The molecule has 0 aromatic carbocycles. The summed E-state index contributed by atoms with van der Waals surface area (Å²) in [6.07, 6.45) is -3.54. The van der Waals surface area contributed by atoms with Gasteiger partial charge < -0.3 is 58.7 Å². The van der Waals surface area contributed by atoms with Gasteiger partial charge in [0.15, 0.2) is 17.7 Å². The molecule has 0 aromatic rings. The third-order valence-corrected chi connectivity index (χ3v) is 15.4. The van der Waals surface area contributed by atoms with Crippen LogP contribution in [0.3, 0.4) is 0 Å². The number of hydrogen-bond donors (Lipinski definition) is 4. The van der Waals surface area contributed by atoms with E-state index in [9.17, 15) is 24.9 Å². The number of carbonyl (C=O) groups excluding carboxylic acids is 2. The minimum atomic E-state index is -1.93. The SMILES string of the molecule is CC[C@H]1OC(=O)[C@H](C)[C@@H](O[C@H]2C[C@@](C)(OC)[C@@H](O)[C@H](C)O2)[C@H](C)[C@@H](O[C@@H]2O[C@H](C)C[C@H]3[C@@H]2SC(=NCCCSC)N3C)[C@](C)(OC)C[C@@H](C)C(=O)N[C@H](C)[C@@H](O)[C@]1(C)O. The number of hydrogen-bond acceptors (Lipinski definition) is 15. The molecular formula is C42H75N3O12S2. The summed E-state index contributed by atoms with van der Waals surface area (Å²) in [5, 5.41) is 37.9. The lowest BCUT2D eigenvalue weighted by atomic mass is 9.77. The molecule has 18 atom stereocenters. The molecule has 4 fully saturated rings. The number of cyclic esters (lactones) is 1. The van der Waals surface area contributed by atoms with Crippen LogP contribution in [0, 0.1) is 17.8 Å². The van der Waals surface area contributed by atoms with Crippen LogP contribution in [0.25, 0.3) is 0 Å². The van der Waals surface area contributed by atoms with Gasteiger partial charge in [-0.05, 0) is 86.2 Å². The highest BCUT2D eigenvalue weighted by molar-refractivity contribution is 8.14. The average molecular weight is 878 g/mol. The Morgan fingerprint density at radius 1 is 0.983 bits per heavy atom. The maximum atomic E-state index is 14.4. The molecule has 0 bridgehead atoms. The van der Waals surface area contributed by atoms with Gasteiger partial charge in [-0.15, -0.1) is 0 Å². The van der Waals surface area contributed by atoms with Crippen molar-refractivity contribution in [2.75, 3.05) is 39.8 Å². The molecule has 342 valence electrons. The summed E-state index contributed by atoms with van der Waals surface area (Å²) in [7, 11) is 5.17. The van der Waals surface area contributed by atoms with E-state index in [-0.39, 0.29) is 42.6 Å². The van der Waals surface area contributed by atoms with Gasteiger partial charge >= 0.3 is 5.97 Å². The fourth-order valence-corrected chi connectivity index (χ4v) is 11.1. The third kappa shape index (κ3) is 11.3. The first-order chi connectivity index (χ1) is 27.6. The van der Waals surface area contributed by atoms with E-state index in [2.05, 4.69) is 23.5 Å². The van der Waals surface area contributed by atoms with E-state index >= 15 is 0 Å². The second kappa shape index (κ2) is 21.0. The van der Waals surface area contributed by atoms with Crippen LogP contribution in [0.5, 0.6) is 0 Å². The molecule has 15 nitrogen and oxygen atoms in total. The lowest BCUT2D eigenvalue weighted by Gasteiger charge is -2.49. The number of fused-ring (bicyclic) bond motifs is 1. The summed E-state index contributed by atoms with van der Waals surface area (Å²) < 4.78 is 45.3. The predicted octanol–water partition coefficient (Wildman–Crippen LogP) is 3.97. The molecule has 1 amide bonds. The van der Waals surface area contributed by atoms with Crippen molar-refractivity contribution >= 4 is 40.6 Å². The summed E-state index contributed by atoms with van der Waals surface area (Å²) >= 11 is 3.44. The molecule has 0 saturated carbocycles. The van der Waals surface area contributed by atoms with Crippen molar-refractivity contribution in [3.63, 3.8) is 0 Å². The van der Waals surface area contributed by atoms with Crippen LogP contribution in [0.1, 0.15) is 101 Å². The van der Waals surface area contributed by atoms with Gasteiger partial charge in [-0.25, -0.2) is 0 Å². The highest BCUT2D eigenvalue weighted by Gasteiger charge is 2.55. The normalized spacial score (nSPS) is 46.3. The van der Waals surface area contributed by atoms with Crippen LogP contribution in [0.4, 0.5) is 0 Å². The maximum absolute atomic E-state index is 14.4. The zero-order chi connectivity index (χ0) is 44.2. The minimum Gasteiger partial charge on any atom is -0.459 e. The van der Waals surface area contributed by atoms with Gasteiger partial charge in [0.1, 0.15) is 23.9 Å². The lowest BCUT2D eigenvalue weighted by Crippen LogP contribution is -2.60. The van der Waals surface area contributed by atoms with Crippen molar-refractivity contribution < 1.29 is 58.1 Å².